The summed E-state index contributed by atoms with van der Waals surface area (Å²) in [6.07, 6.45) is -1.48. The van der Waals surface area contributed by atoms with E-state index in [2.05, 4.69) is 4.99 Å². The quantitative estimate of drug-likeness (QED) is 0.700. The van der Waals surface area contributed by atoms with Gasteiger partial charge in [0.15, 0.2) is 0 Å². The van der Waals surface area contributed by atoms with Crippen LogP contribution in [0.2, 0.25) is 0 Å². The van der Waals surface area contributed by atoms with Crippen LogP contribution in [-0.4, -0.2) is 12.4 Å². The second-order valence-electron chi connectivity index (χ2n) is 2.95. The van der Waals surface area contributed by atoms with Crippen molar-refractivity contribution in [2.24, 2.45) is 10.7 Å². The molecule has 2 nitrogen and oxygen atoms in total. The fourth-order valence-corrected chi connectivity index (χ4v) is 1.28. The Morgan fingerprint density at radius 3 is 2.64 bits per heavy atom. The summed E-state index contributed by atoms with van der Waals surface area (Å²) in [4.78, 5) is 3.66. The third-order valence-electron chi connectivity index (χ3n) is 1.98. The largest absolute Gasteiger partial charge is 0.416 e. The van der Waals surface area contributed by atoms with E-state index in [1.54, 1.807) is 6.92 Å². The van der Waals surface area contributed by atoms with E-state index in [-0.39, 0.29) is 12.2 Å². The molecule has 0 spiro atoms. The number of nitrogens with two attached hydrogens (primary N) is 1. The molecule has 0 radical (unpaired) electrons. The molecule has 0 amide bonds. The van der Waals surface area contributed by atoms with Gasteiger partial charge in [0.1, 0.15) is 5.82 Å². The molecule has 0 fully saturated rings. The van der Waals surface area contributed by atoms with Crippen molar-refractivity contribution in [1.29, 1.82) is 0 Å². The van der Waals surface area contributed by atoms with Crippen LogP contribution in [-0.2, 0) is 0 Å². The fourth-order valence-electron chi connectivity index (χ4n) is 1.28. The Bertz CT molecular complexity index is 311. The molecular formula is C9H11F3N2. The van der Waals surface area contributed by atoms with Gasteiger partial charge in [-0.2, -0.15) is 13.2 Å². The van der Waals surface area contributed by atoms with E-state index in [1.807, 2.05) is 0 Å². The Kier molecular flexibility index (Phi) is 2.98. The minimum absolute atomic E-state index is 0.0965. The second kappa shape index (κ2) is 3.86. The highest BCUT2D eigenvalue weighted by Crippen LogP contribution is 2.32. The van der Waals surface area contributed by atoms with E-state index in [4.69, 9.17) is 5.73 Å². The molecule has 1 heterocycles. The van der Waals surface area contributed by atoms with Crippen LogP contribution in [0, 0.1) is 0 Å². The standard InChI is InChI=1S/C9H11F3N2/c1-2-6-3-4-14-8(13)5-7(6)9(10,11)12/h4-5H,2-3,13H2,1H3. The zero-order chi connectivity index (χ0) is 10.8. The van der Waals surface area contributed by atoms with E-state index in [0.29, 0.717) is 12.0 Å². The lowest BCUT2D eigenvalue weighted by molar-refractivity contribution is -0.0892. The van der Waals surface area contributed by atoms with Gasteiger partial charge in [-0.3, -0.25) is 0 Å². The summed E-state index contributed by atoms with van der Waals surface area (Å²) in [5.74, 6) is -0.0965. The lowest BCUT2D eigenvalue weighted by Gasteiger charge is -2.11. The fraction of sp³-hybridized carbons (Fsp3) is 0.444. The molecule has 1 rings (SSSR count). The summed E-state index contributed by atoms with van der Waals surface area (Å²) in [7, 11) is 0. The summed E-state index contributed by atoms with van der Waals surface area (Å²) < 4.78 is 37.6. The third-order valence-corrected chi connectivity index (χ3v) is 1.98. The van der Waals surface area contributed by atoms with Crippen LogP contribution in [0.25, 0.3) is 0 Å². The summed E-state index contributed by atoms with van der Waals surface area (Å²) in [5.41, 5.74) is 4.93. The first-order valence-corrected chi connectivity index (χ1v) is 4.24. The van der Waals surface area contributed by atoms with Crippen molar-refractivity contribution in [3.63, 3.8) is 0 Å². The van der Waals surface area contributed by atoms with E-state index < -0.39 is 11.7 Å². The molecular weight excluding hydrogens is 193 g/mol. The first-order valence-electron chi connectivity index (χ1n) is 4.24. The summed E-state index contributed by atoms with van der Waals surface area (Å²) >= 11 is 0. The van der Waals surface area contributed by atoms with Gasteiger partial charge < -0.3 is 5.73 Å². The van der Waals surface area contributed by atoms with Crippen molar-refractivity contribution in [1.82, 2.24) is 0 Å². The highest BCUT2D eigenvalue weighted by Gasteiger charge is 2.34. The summed E-state index contributed by atoms with van der Waals surface area (Å²) in [6, 6.07) is 0. The molecule has 14 heavy (non-hydrogen) atoms. The zero-order valence-electron chi connectivity index (χ0n) is 7.73. The smallest absolute Gasteiger partial charge is 0.384 e. The van der Waals surface area contributed by atoms with Crippen molar-refractivity contribution in [2.75, 3.05) is 0 Å². The van der Waals surface area contributed by atoms with Crippen molar-refractivity contribution in [3.8, 4) is 0 Å². The van der Waals surface area contributed by atoms with Gasteiger partial charge >= 0.3 is 6.18 Å². The van der Waals surface area contributed by atoms with Gasteiger partial charge in [0.25, 0.3) is 0 Å². The summed E-state index contributed by atoms with van der Waals surface area (Å²) in [5, 5.41) is 0. The Hall–Kier alpha value is -1.26. The van der Waals surface area contributed by atoms with Crippen LogP contribution in [0.15, 0.2) is 28.0 Å². The highest BCUT2D eigenvalue weighted by molar-refractivity contribution is 5.65. The third kappa shape index (κ3) is 2.37. The summed E-state index contributed by atoms with van der Waals surface area (Å²) in [6.45, 7) is 1.68. The highest BCUT2D eigenvalue weighted by atomic mass is 19.4. The van der Waals surface area contributed by atoms with Gasteiger partial charge in [0.2, 0.25) is 0 Å². The van der Waals surface area contributed by atoms with Crippen molar-refractivity contribution < 1.29 is 13.2 Å². The molecule has 0 aromatic heterocycles. The molecule has 0 aromatic carbocycles. The number of hydrogen-bond acceptors (Lipinski definition) is 2. The van der Waals surface area contributed by atoms with Crippen molar-refractivity contribution in [2.45, 2.75) is 25.9 Å². The molecule has 0 aliphatic carbocycles. The van der Waals surface area contributed by atoms with Gasteiger partial charge in [-0.1, -0.05) is 12.5 Å². The zero-order valence-corrected chi connectivity index (χ0v) is 7.73. The van der Waals surface area contributed by atoms with E-state index in [0.717, 1.165) is 6.08 Å². The Labute approximate surface area is 80.0 Å². The number of allylic oxidation sites excluding steroid dienone is 3. The Morgan fingerprint density at radius 2 is 2.14 bits per heavy atom. The van der Waals surface area contributed by atoms with Gasteiger partial charge in [-0.15, -0.1) is 0 Å². The minimum atomic E-state index is -4.34. The minimum Gasteiger partial charge on any atom is -0.384 e. The topological polar surface area (TPSA) is 38.4 Å². The van der Waals surface area contributed by atoms with Gasteiger partial charge in [-0.05, 0) is 12.5 Å². The maximum absolute atomic E-state index is 12.5. The molecule has 0 atom stereocenters. The number of halogens is 3. The van der Waals surface area contributed by atoms with Crippen LogP contribution in [0.1, 0.15) is 19.8 Å². The van der Waals surface area contributed by atoms with Gasteiger partial charge in [-0.25, -0.2) is 4.99 Å². The predicted molar refractivity (Wildman–Crippen MR) is 48.8 cm³/mol. The van der Waals surface area contributed by atoms with E-state index >= 15 is 0 Å². The molecule has 1 aliphatic rings. The average molecular weight is 204 g/mol. The predicted octanol–water partition coefficient (Wildman–Crippen LogP) is 2.53. The molecule has 0 saturated heterocycles. The molecule has 0 unspecified atom stereocenters. The number of aliphatic imine (C=N–C) groups is 1. The molecule has 78 valence electrons. The molecule has 0 bridgehead atoms. The second-order valence-corrected chi connectivity index (χ2v) is 2.95. The number of alkyl halides is 3. The lowest BCUT2D eigenvalue weighted by atomic mass is 10.0. The van der Waals surface area contributed by atoms with Crippen molar-refractivity contribution in [3.05, 3.63) is 23.0 Å². The van der Waals surface area contributed by atoms with E-state index in [9.17, 15) is 13.2 Å². The Morgan fingerprint density at radius 1 is 1.50 bits per heavy atom. The van der Waals surface area contributed by atoms with Crippen molar-refractivity contribution >= 4 is 6.21 Å². The maximum Gasteiger partial charge on any atom is 0.416 e. The molecule has 0 aromatic rings. The monoisotopic (exact) mass is 204 g/mol. The molecule has 1 aliphatic heterocycles. The number of hydrogen-bond donors (Lipinski definition) is 1. The van der Waals surface area contributed by atoms with Crippen LogP contribution in [0.3, 0.4) is 0 Å². The molecule has 0 saturated carbocycles. The Balaban J connectivity index is 3.17. The first-order chi connectivity index (χ1) is 6.45. The molecule has 5 heteroatoms. The SMILES string of the molecule is CCC1=C(C(F)(F)F)C=C(N)N=CC1. The number of nitrogens with zero attached hydrogens (tertiary/aromatic N) is 1. The maximum atomic E-state index is 12.5. The van der Waals surface area contributed by atoms with Crippen LogP contribution in [0.5, 0.6) is 0 Å². The number of rotatable bonds is 1. The van der Waals surface area contributed by atoms with Gasteiger partial charge in [0.05, 0.1) is 5.57 Å². The normalized spacial score (nSPS) is 18.1. The van der Waals surface area contributed by atoms with Crippen LogP contribution in [0.4, 0.5) is 13.2 Å². The average Bonchev–Trinajstić information content (AvgIpc) is 2.25. The first kappa shape index (κ1) is 10.8. The van der Waals surface area contributed by atoms with E-state index in [1.165, 1.54) is 6.21 Å². The van der Waals surface area contributed by atoms with Crippen LogP contribution >= 0.6 is 0 Å². The van der Waals surface area contributed by atoms with Crippen LogP contribution < -0.4 is 5.73 Å². The molecule has 2 N–H and O–H groups in total. The lowest BCUT2D eigenvalue weighted by Crippen LogP contribution is -2.13. The van der Waals surface area contributed by atoms with Gasteiger partial charge in [0, 0.05) is 12.6 Å².